The third kappa shape index (κ3) is 4.33. The number of thiazole rings is 1. The number of hydrogen-bond acceptors (Lipinski definition) is 4. The van der Waals surface area contributed by atoms with Gasteiger partial charge in [-0.3, -0.25) is 4.79 Å². The van der Waals surface area contributed by atoms with Gasteiger partial charge in [-0.2, -0.15) is 0 Å². The quantitative estimate of drug-likeness (QED) is 0.843. The lowest BCUT2D eigenvalue weighted by Crippen LogP contribution is -2.52. The first kappa shape index (κ1) is 18.6. The number of likely N-dealkylation sites (tertiary alicyclic amines) is 1. The lowest BCUT2D eigenvalue weighted by Gasteiger charge is -2.34. The highest BCUT2D eigenvalue weighted by molar-refractivity contribution is 7.18. The van der Waals surface area contributed by atoms with Crippen LogP contribution in [0.25, 0.3) is 10.2 Å². The minimum Gasteiger partial charge on any atom is -0.352 e. The zero-order valence-corrected chi connectivity index (χ0v) is 16.1. The number of nitrogens with zero attached hydrogens (tertiary/aromatic N) is 2. The van der Waals surface area contributed by atoms with Crippen molar-refractivity contribution >= 4 is 33.5 Å². The summed E-state index contributed by atoms with van der Waals surface area (Å²) < 4.78 is 1.18. The first-order valence-corrected chi connectivity index (χ1v) is 9.96. The Morgan fingerprint density at radius 2 is 2.15 bits per heavy atom. The number of benzene rings is 1. The van der Waals surface area contributed by atoms with Crippen molar-refractivity contribution in [2.45, 2.75) is 45.1 Å². The van der Waals surface area contributed by atoms with Gasteiger partial charge in [-0.15, -0.1) is 11.3 Å². The molecule has 1 aromatic heterocycles. The summed E-state index contributed by atoms with van der Waals surface area (Å²) in [4.78, 5) is 30.9. The fraction of sp³-hybridized carbons (Fsp3) is 0.526. The van der Waals surface area contributed by atoms with Crippen LogP contribution in [-0.2, 0) is 4.79 Å². The molecule has 1 fully saturated rings. The van der Waals surface area contributed by atoms with E-state index in [9.17, 15) is 9.59 Å². The first-order valence-electron chi connectivity index (χ1n) is 9.14. The third-order valence-electron chi connectivity index (χ3n) is 4.71. The molecule has 0 bridgehead atoms. The number of fused-ring (bicyclic) bond motifs is 1. The number of primary amides is 1. The van der Waals surface area contributed by atoms with Gasteiger partial charge in [0.05, 0.1) is 15.2 Å². The number of nitrogens with one attached hydrogen (secondary N) is 1. The largest absolute Gasteiger partial charge is 0.352 e. The molecule has 0 radical (unpaired) electrons. The number of aromatic nitrogens is 1. The van der Waals surface area contributed by atoms with Gasteiger partial charge < -0.3 is 16.0 Å². The Morgan fingerprint density at radius 1 is 1.38 bits per heavy atom. The Balaban J connectivity index is 1.73. The molecular formula is C19H26N4O2S. The summed E-state index contributed by atoms with van der Waals surface area (Å²) in [5.74, 6) is 0.502. The molecule has 2 heterocycles. The lowest BCUT2D eigenvalue weighted by atomic mass is 9.96. The maximum absolute atomic E-state index is 13.0. The second-order valence-corrected chi connectivity index (χ2v) is 8.40. The van der Waals surface area contributed by atoms with Crippen LogP contribution in [0.5, 0.6) is 0 Å². The van der Waals surface area contributed by atoms with Gasteiger partial charge in [0, 0.05) is 19.0 Å². The van der Waals surface area contributed by atoms with Crippen LogP contribution in [0.1, 0.15) is 44.0 Å². The summed E-state index contributed by atoms with van der Waals surface area (Å²) in [7, 11) is 0. The van der Waals surface area contributed by atoms with Crippen LogP contribution in [0, 0.1) is 5.92 Å². The molecule has 0 spiro atoms. The molecule has 1 aliphatic heterocycles. The fourth-order valence-electron chi connectivity index (χ4n) is 3.53. The van der Waals surface area contributed by atoms with Crippen molar-refractivity contribution in [1.29, 1.82) is 0 Å². The minimum absolute atomic E-state index is 0.0386. The molecule has 7 heteroatoms. The maximum atomic E-state index is 13.0. The van der Waals surface area contributed by atoms with Gasteiger partial charge in [0.1, 0.15) is 6.04 Å². The van der Waals surface area contributed by atoms with Gasteiger partial charge in [-0.1, -0.05) is 26.0 Å². The number of carbonyl (C=O) groups excluding carboxylic acids is 2. The molecule has 6 nitrogen and oxygen atoms in total. The number of piperidine rings is 1. The number of nitrogens with two attached hydrogens (primary N) is 1. The van der Waals surface area contributed by atoms with Gasteiger partial charge in [-0.05, 0) is 37.3 Å². The van der Waals surface area contributed by atoms with Crippen LogP contribution in [-0.4, -0.2) is 41.0 Å². The van der Waals surface area contributed by atoms with E-state index in [4.69, 9.17) is 10.7 Å². The zero-order chi connectivity index (χ0) is 18.7. The van der Waals surface area contributed by atoms with Crippen molar-refractivity contribution < 1.29 is 9.59 Å². The summed E-state index contributed by atoms with van der Waals surface area (Å²) >= 11 is 1.71. The van der Waals surface area contributed by atoms with E-state index in [1.54, 1.807) is 11.3 Å². The van der Waals surface area contributed by atoms with Crippen molar-refractivity contribution in [2.24, 2.45) is 11.7 Å². The predicted octanol–water partition coefficient (Wildman–Crippen LogP) is 3.09. The Hall–Kier alpha value is -2.15. The number of para-hydroxylation sites is 1. The summed E-state index contributed by atoms with van der Waals surface area (Å²) in [6, 6.07) is 6.92. The molecule has 2 atom stereocenters. The van der Waals surface area contributed by atoms with Gasteiger partial charge in [0.15, 0.2) is 0 Å². The van der Waals surface area contributed by atoms with Crippen LogP contribution in [0.3, 0.4) is 0 Å². The van der Waals surface area contributed by atoms with E-state index in [0.29, 0.717) is 18.9 Å². The first-order chi connectivity index (χ1) is 12.4. The maximum Gasteiger partial charge on any atom is 0.312 e. The predicted molar refractivity (Wildman–Crippen MR) is 104 cm³/mol. The van der Waals surface area contributed by atoms with Gasteiger partial charge >= 0.3 is 6.03 Å². The second-order valence-electron chi connectivity index (χ2n) is 7.33. The number of hydrogen-bond donors (Lipinski definition) is 2. The number of urea groups is 1. The standard InChI is InChI=1S/C19H26N4O2S/c1-12(2)10-15(22-19(20)25)18(24)23-9-5-6-13(11-23)17-21-14-7-3-4-8-16(14)26-17/h3-4,7-8,12-13,15H,5-6,9-11H2,1-2H3,(H3,20,22,25)/t13-,15+/m1/s1. The Morgan fingerprint density at radius 3 is 2.85 bits per heavy atom. The molecule has 0 unspecified atom stereocenters. The molecule has 3 amide bonds. The van der Waals surface area contributed by atoms with Crippen LogP contribution in [0.4, 0.5) is 4.79 Å². The molecule has 1 aromatic carbocycles. The van der Waals surface area contributed by atoms with Crippen molar-refractivity contribution in [3.05, 3.63) is 29.3 Å². The minimum atomic E-state index is -0.649. The topological polar surface area (TPSA) is 88.3 Å². The van der Waals surface area contributed by atoms with Gasteiger partial charge in [0.2, 0.25) is 5.91 Å². The SMILES string of the molecule is CC(C)C[C@H](NC(N)=O)C(=O)N1CCC[C@@H](c2nc3ccccc3s2)C1. The van der Waals surface area contributed by atoms with E-state index < -0.39 is 12.1 Å². The highest BCUT2D eigenvalue weighted by Gasteiger charge is 2.31. The van der Waals surface area contributed by atoms with E-state index >= 15 is 0 Å². The second kappa shape index (κ2) is 8.03. The number of amides is 3. The van der Waals surface area contributed by atoms with Crippen molar-refractivity contribution in [2.75, 3.05) is 13.1 Å². The highest BCUT2D eigenvalue weighted by atomic mass is 32.1. The molecule has 1 aliphatic rings. The van der Waals surface area contributed by atoms with E-state index in [-0.39, 0.29) is 11.8 Å². The average Bonchev–Trinajstić information content (AvgIpc) is 3.04. The Kier molecular flexibility index (Phi) is 5.76. The van der Waals surface area contributed by atoms with E-state index in [2.05, 4.69) is 11.4 Å². The van der Waals surface area contributed by atoms with Crippen LogP contribution in [0.15, 0.2) is 24.3 Å². The average molecular weight is 375 g/mol. The summed E-state index contributed by atoms with van der Waals surface area (Å²) in [5.41, 5.74) is 6.29. The van der Waals surface area contributed by atoms with Crippen molar-refractivity contribution in [1.82, 2.24) is 15.2 Å². The Bertz CT molecular complexity index is 756. The van der Waals surface area contributed by atoms with E-state index in [1.165, 1.54) is 4.70 Å². The van der Waals surface area contributed by atoms with Gasteiger partial charge in [-0.25, -0.2) is 9.78 Å². The molecule has 140 valence electrons. The third-order valence-corrected chi connectivity index (χ3v) is 5.91. The van der Waals surface area contributed by atoms with Crippen LogP contribution < -0.4 is 11.1 Å². The van der Waals surface area contributed by atoms with Crippen LogP contribution in [0.2, 0.25) is 0 Å². The van der Waals surface area contributed by atoms with Crippen molar-refractivity contribution in [3.63, 3.8) is 0 Å². The van der Waals surface area contributed by atoms with E-state index in [0.717, 1.165) is 29.9 Å². The highest BCUT2D eigenvalue weighted by Crippen LogP contribution is 2.33. The van der Waals surface area contributed by atoms with Crippen molar-refractivity contribution in [3.8, 4) is 0 Å². The number of carbonyl (C=O) groups is 2. The molecule has 3 N–H and O–H groups in total. The molecule has 2 aromatic rings. The zero-order valence-electron chi connectivity index (χ0n) is 15.3. The normalized spacial score (nSPS) is 18.9. The molecule has 3 rings (SSSR count). The summed E-state index contributed by atoms with van der Waals surface area (Å²) in [5, 5.41) is 3.71. The molecule has 0 aliphatic carbocycles. The van der Waals surface area contributed by atoms with Crippen LogP contribution >= 0.6 is 11.3 Å². The molecule has 1 saturated heterocycles. The molecule has 26 heavy (non-hydrogen) atoms. The van der Waals surface area contributed by atoms with E-state index in [1.807, 2.05) is 36.9 Å². The summed E-state index contributed by atoms with van der Waals surface area (Å²) in [6.45, 7) is 5.43. The fourth-order valence-corrected chi connectivity index (χ4v) is 4.62. The lowest BCUT2D eigenvalue weighted by molar-refractivity contribution is -0.134. The monoisotopic (exact) mass is 374 g/mol. The summed E-state index contributed by atoms with van der Waals surface area (Å²) in [6.07, 6.45) is 2.56. The molecule has 0 saturated carbocycles. The Labute approximate surface area is 157 Å². The smallest absolute Gasteiger partial charge is 0.312 e. The molecular weight excluding hydrogens is 348 g/mol. The van der Waals surface area contributed by atoms with Gasteiger partial charge in [0.25, 0.3) is 0 Å². The number of rotatable bonds is 5.